The summed E-state index contributed by atoms with van der Waals surface area (Å²) in [5, 5.41) is 0. The lowest BCUT2D eigenvalue weighted by Gasteiger charge is -2.17. The van der Waals surface area contributed by atoms with Crippen LogP contribution in [0, 0.1) is 5.92 Å². The molecule has 0 spiro atoms. The number of methoxy groups -OCH3 is 2. The third kappa shape index (κ3) is 10.7. The summed E-state index contributed by atoms with van der Waals surface area (Å²) in [5.74, 6) is -0.910. The van der Waals surface area contributed by atoms with Gasteiger partial charge in [0.2, 0.25) is 0 Å². The number of benzene rings is 1. The molecule has 184 valence electrons. The third-order valence-corrected chi connectivity index (χ3v) is 4.21. The van der Waals surface area contributed by atoms with Crippen LogP contribution in [0.5, 0.6) is 11.5 Å². The first kappa shape index (κ1) is 27.7. The molecule has 0 bridgehead atoms. The topological polar surface area (TPSA) is 150 Å². The molecule has 0 aliphatic rings. The molecule has 0 aliphatic carbocycles. The van der Waals surface area contributed by atoms with Gasteiger partial charge in [0.05, 0.1) is 14.2 Å². The van der Waals surface area contributed by atoms with E-state index in [2.05, 4.69) is 9.47 Å². The van der Waals surface area contributed by atoms with Gasteiger partial charge in [-0.1, -0.05) is 19.9 Å². The van der Waals surface area contributed by atoms with Gasteiger partial charge in [-0.2, -0.15) is 0 Å². The Morgan fingerprint density at radius 1 is 0.939 bits per heavy atom. The number of carbonyl (C=O) groups is 4. The summed E-state index contributed by atoms with van der Waals surface area (Å²) in [6, 6.07) is 3.18. The Hall–Kier alpha value is -3.34. The largest absolute Gasteiger partial charge is 0.513 e. The summed E-state index contributed by atoms with van der Waals surface area (Å²) in [5.41, 5.74) is 6.42. The number of rotatable bonds is 11. The van der Waals surface area contributed by atoms with Crippen molar-refractivity contribution in [3.8, 4) is 11.5 Å². The van der Waals surface area contributed by atoms with Gasteiger partial charge in [0.1, 0.15) is 18.8 Å². The Morgan fingerprint density at radius 2 is 1.55 bits per heavy atom. The quantitative estimate of drug-likeness (QED) is 0.289. The second-order valence-corrected chi connectivity index (χ2v) is 7.57. The van der Waals surface area contributed by atoms with Gasteiger partial charge >= 0.3 is 24.2 Å². The molecular formula is C22H31NO10. The van der Waals surface area contributed by atoms with Gasteiger partial charge in [0.15, 0.2) is 11.5 Å². The standard InChI is InChI=1S/C22H31NO10/c1-13(2)6-9-19(24)30-12-14(3)31-20(25)16(23)10-15-7-8-17(32-21(26)28-4)18(11-15)33-22(27)29-5/h7-8,11,13-14,16H,6,9-10,12,23H2,1-5H3/t14-,16-/m0/s1. The Kier molecular flexibility index (Phi) is 11.7. The fraction of sp³-hybridized carbons (Fsp3) is 0.545. The number of ether oxygens (including phenoxy) is 6. The smallest absolute Gasteiger partial charge is 0.462 e. The van der Waals surface area contributed by atoms with Crippen LogP contribution in [0.15, 0.2) is 18.2 Å². The van der Waals surface area contributed by atoms with Gasteiger partial charge in [-0.3, -0.25) is 9.59 Å². The first-order valence-electron chi connectivity index (χ1n) is 10.3. The molecule has 0 heterocycles. The van der Waals surface area contributed by atoms with E-state index in [1.54, 1.807) is 6.92 Å². The van der Waals surface area contributed by atoms with Crippen molar-refractivity contribution in [2.75, 3.05) is 20.8 Å². The molecule has 0 amide bonds. The fourth-order valence-electron chi connectivity index (χ4n) is 2.45. The molecule has 0 unspecified atom stereocenters. The van der Waals surface area contributed by atoms with Gasteiger partial charge in [-0.05, 0) is 43.4 Å². The normalized spacial score (nSPS) is 12.3. The average molecular weight is 469 g/mol. The number of nitrogens with two attached hydrogens (primary N) is 1. The molecule has 0 radical (unpaired) electrons. The van der Waals surface area contributed by atoms with Crippen molar-refractivity contribution >= 4 is 24.2 Å². The Labute approximate surface area is 192 Å². The molecule has 2 atom stereocenters. The highest BCUT2D eigenvalue weighted by Crippen LogP contribution is 2.29. The Balaban J connectivity index is 2.70. The molecule has 0 saturated heterocycles. The zero-order valence-electron chi connectivity index (χ0n) is 19.5. The second-order valence-electron chi connectivity index (χ2n) is 7.57. The van der Waals surface area contributed by atoms with E-state index in [4.69, 9.17) is 24.7 Å². The zero-order valence-corrected chi connectivity index (χ0v) is 19.5. The van der Waals surface area contributed by atoms with Crippen LogP contribution in [0.3, 0.4) is 0 Å². The van der Waals surface area contributed by atoms with Crippen molar-refractivity contribution in [3.63, 3.8) is 0 Å². The van der Waals surface area contributed by atoms with Crippen molar-refractivity contribution in [2.45, 2.75) is 52.2 Å². The molecule has 1 aromatic rings. The maximum absolute atomic E-state index is 12.3. The molecule has 1 rings (SSSR count). The molecule has 33 heavy (non-hydrogen) atoms. The van der Waals surface area contributed by atoms with Crippen LogP contribution in [0.1, 0.15) is 39.2 Å². The van der Waals surface area contributed by atoms with Gasteiger partial charge in [0, 0.05) is 6.42 Å². The molecule has 2 N–H and O–H groups in total. The lowest BCUT2D eigenvalue weighted by molar-refractivity contribution is -0.159. The minimum Gasteiger partial charge on any atom is -0.462 e. The van der Waals surface area contributed by atoms with Crippen LogP contribution >= 0.6 is 0 Å². The van der Waals surface area contributed by atoms with E-state index in [1.807, 2.05) is 13.8 Å². The van der Waals surface area contributed by atoms with Crippen LogP contribution in [0.2, 0.25) is 0 Å². The highest BCUT2D eigenvalue weighted by Gasteiger charge is 2.21. The highest BCUT2D eigenvalue weighted by molar-refractivity contribution is 5.76. The molecular weight excluding hydrogens is 438 g/mol. The van der Waals surface area contributed by atoms with Gasteiger partial charge in [-0.25, -0.2) is 9.59 Å². The van der Waals surface area contributed by atoms with E-state index in [0.29, 0.717) is 24.3 Å². The third-order valence-electron chi connectivity index (χ3n) is 4.21. The number of esters is 2. The van der Waals surface area contributed by atoms with E-state index in [-0.39, 0.29) is 30.5 Å². The molecule has 11 heteroatoms. The predicted molar refractivity (Wildman–Crippen MR) is 115 cm³/mol. The van der Waals surface area contributed by atoms with E-state index in [0.717, 1.165) is 14.2 Å². The van der Waals surface area contributed by atoms with Gasteiger partial charge in [-0.15, -0.1) is 0 Å². The number of carbonyl (C=O) groups excluding carboxylic acids is 4. The molecule has 1 aromatic carbocycles. The summed E-state index contributed by atoms with van der Waals surface area (Å²) in [6.07, 6.45) is -1.71. The molecule has 11 nitrogen and oxygen atoms in total. The van der Waals surface area contributed by atoms with Crippen molar-refractivity contribution < 1.29 is 47.6 Å². The van der Waals surface area contributed by atoms with E-state index in [1.165, 1.54) is 18.2 Å². The summed E-state index contributed by atoms with van der Waals surface area (Å²) < 4.78 is 29.1. The summed E-state index contributed by atoms with van der Waals surface area (Å²) in [6.45, 7) is 5.51. The van der Waals surface area contributed by atoms with Crippen LogP contribution < -0.4 is 15.2 Å². The lowest BCUT2D eigenvalue weighted by Crippen LogP contribution is -2.37. The van der Waals surface area contributed by atoms with Gasteiger partial charge < -0.3 is 34.2 Å². The molecule has 0 aliphatic heterocycles. The zero-order chi connectivity index (χ0) is 25.0. The lowest BCUT2D eigenvalue weighted by atomic mass is 10.1. The van der Waals surface area contributed by atoms with Crippen LogP contribution in [0.25, 0.3) is 0 Å². The van der Waals surface area contributed by atoms with Crippen molar-refractivity contribution in [1.29, 1.82) is 0 Å². The van der Waals surface area contributed by atoms with Gasteiger partial charge in [0.25, 0.3) is 0 Å². The monoisotopic (exact) mass is 469 g/mol. The first-order valence-corrected chi connectivity index (χ1v) is 10.3. The summed E-state index contributed by atoms with van der Waals surface area (Å²) >= 11 is 0. The number of hydrogen-bond acceptors (Lipinski definition) is 11. The van der Waals surface area contributed by atoms with E-state index >= 15 is 0 Å². The molecule has 0 fully saturated rings. The Morgan fingerprint density at radius 3 is 2.12 bits per heavy atom. The second kappa shape index (κ2) is 13.9. The van der Waals surface area contributed by atoms with Crippen molar-refractivity contribution in [3.05, 3.63) is 23.8 Å². The SMILES string of the molecule is COC(=O)Oc1ccc(C[C@H](N)C(=O)O[C@@H](C)COC(=O)CCC(C)C)cc1OC(=O)OC. The van der Waals surface area contributed by atoms with Crippen LogP contribution in [0.4, 0.5) is 9.59 Å². The maximum atomic E-state index is 12.3. The minimum atomic E-state index is -1.05. The minimum absolute atomic E-state index is 0.0236. The van der Waals surface area contributed by atoms with E-state index in [9.17, 15) is 19.2 Å². The van der Waals surface area contributed by atoms with Crippen molar-refractivity contribution in [1.82, 2.24) is 0 Å². The Bertz CT molecular complexity index is 823. The molecule has 0 saturated carbocycles. The van der Waals surface area contributed by atoms with E-state index < -0.39 is 30.4 Å². The van der Waals surface area contributed by atoms with Crippen LogP contribution in [-0.2, 0) is 35.0 Å². The first-order chi connectivity index (χ1) is 15.5. The maximum Gasteiger partial charge on any atom is 0.513 e. The molecule has 0 aromatic heterocycles. The number of hydrogen-bond donors (Lipinski definition) is 1. The van der Waals surface area contributed by atoms with Crippen molar-refractivity contribution in [2.24, 2.45) is 11.7 Å². The average Bonchev–Trinajstić information content (AvgIpc) is 2.77. The van der Waals surface area contributed by atoms with Crippen LogP contribution in [-0.4, -0.2) is 57.2 Å². The summed E-state index contributed by atoms with van der Waals surface area (Å²) in [4.78, 5) is 46.8. The fourth-order valence-corrected chi connectivity index (χ4v) is 2.45. The predicted octanol–water partition coefficient (Wildman–Crippen LogP) is 2.76. The summed E-state index contributed by atoms with van der Waals surface area (Å²) in [7, 11) is 2.23. The highest BCUT2D eigenvalue weighted by atomic mass is 16.7.